The zero-order valence-electron chi connectivity index (χ0n) is 18.5. The summed E-state index contributed by atoms with van der Waals surface area (Å²) >= 11 is 0. The molecule has 2 aromatic rings. The van der Waals surface area contributed by atoms with Crippen LogP contribution in [-0.4, -0.2) is 47.9 Å². The van der Waals surface area contributed by atoms with E-state index in [0.717, 1.165) is 31.2 Å². The first-order chi connectivity index (χ1) is 15.5. The number of piperazine rings is 1. The molecule has 1 saturated heterocycles. The minimum absolute atomic E-state index is 0.0920. The Balaban J connectivity index is 1.63. The predicted octanol–water partition coefficient (Wildman–Crippen LogP) is 3.28. The molecule has 0 bridgehead atoms. The van der Waals surface area contributed by atoms with E-state index in [2.05, 4.69) is 10.6 Å². The fraction of sp³-hybridized carbons (Fsp3) is 0.400. The molecule has 168 valence electrons. The molecule has 0 aromatic heterocycles. The van der Waals surface area contributed by atoms with E-state index in [0.29, 0.717) is 17.0 Å². The summed E-state index contributed by atoms with van der Waals surface area (Å²) in [5.41, 5.74) is 2.04. The zero-order valence-corrected chi connectivity index (χ0v) is 18.5. The largest absolute Gasteiger partial charge is 0.496 e. The third kappa shape index (κ3) is 4.33. The number of methoxy groups -OCH3 is 1. The fourth-order valence-electron chi connectivity index (χ4n) is 4.78. The molecule has 2 aromatic carbocycles. The number of aryl methyl sites for hydroxylation is 1. The summed E-state index contributed by atoms with van der Waals surface area (Å²) in [4.78, 5) is 41.4. The number of nitrogens with one attached hydrogen (secondary N) is 2. The summed E-state index contributed by atoms with van der Waals surface area (Å²) < 4.78 is 5.40. The number of fused-ring (bicyclic) bond motifs is 1. The smallest absolute Gasteiger partial charge is 0.258 e. The molecular weight excluding hydrogens is 406 g/mol. The first-order valence-corrected chi connectivity index (χ1v) is 11.1. The topological polar surface area (TPSA) is 87.7 Å². The van der Waals surface area contributed by atoms with Crippen molar-refractivity contribution in [1.29, 1.82) is 0 Å². The van der Waals surface area contributed by atoms with Gasteiger partial charge in [0.25, 0.3) is 5.91 Å². The molecular formula is C25H29N3O4. The van der Waals surface area contributed by atoms with Crippen LogP contribution in [-0.2, 0) is 9.59 Å². The summed E-state index contributed by atoms with van der Waals surface area (Å²) in [7, 11) is 1.52. The van der Waals surface area contributed by atoms with Crippen molar-refractivity contribution in [3.8, 4) is 5.75 Å². The SMILES string of the molecule is COc1ccccc1C(=O)N1[C@H](CC(=O)Nc2ccccc2C)C(=O)N[C@@H]2CCCC[C@H]21. The van der Waals surface area contributed by atoms with Gasteiger partial charge in [-0.05, 0) is 43.5 Å². The molecule has 3 atom stereocenters. The second kappa shape index (κ2) is 9.42. The van der Waals surface area contributed by atoms with Crippen LogP contribution in [0.2, 0.25) is 0 Å². The zero-order chi connectivity index (χ0) is 22.7. The van der Waals surface area contributed by atoms with E-state index in [1.54, 1.807) is 29.2 Å². The van der Waals surface area contributed by atoms with Gasteiger partial charge in [-0.25, -0.2) is 0 Å². The molecule has 7 nitrogen and oxygen atoms in total. The van der Waals surface area contributed by atoms with E-state index in [1.807, 2.05) is 31.2 Å². The van der Waals surface area contributed by atoms with Crippen molar-refractivity contribution in [2.75, 3.05) is 12.4 Å². The molecule has 4 rings (SSSR count). The van der Waals surface area contributed by atoms with Crippen LogP contribution in [0.5, 0.6) is 5.75 Å². The van der Waals surface area contributed by atoms with Crippen LogP contribution in [0, 0.1) is 6.92 Å². The molecule has 7 heteroatoms. The number of anilines is 1. The number of amides is 3. The lowest BCUT2D eigenvalue weighted by atomic mass is 9.84. The number of rotatable bonds is 5. The highest BCUT2D eigenvalue weighted by molar-refractivity contribution is 6.03. The van der Waals surface area contributed by atoms with Crippen LogP contribution >= 0.6 is 0 Å². The van der Waals surface area contributed by atoms with Gasteiger partial charge in [0.15, 0.2) is 0 Å². The quantitative estimate of drug-likeness (QED) is 0.755. The Kier molecular flexibility index (Phi) is 6.44. The van der Waals surface area contributed by atoms with Crippen molar-refractivity contribution in [3.63, 3.8) is 0 Å². The molecule has 0 radical (unpaired) electrons. The Labute approximate surface area is 188 Å². The van der Waals surface area contributed by atoms with E-state index in [-0.39, 0.29) is 36.2 Å². The predicted molar refractivity (Wildman–Crippen MR) is 122 cm³/mol. The van der Waals surface area contributed by atoms with Crippen LogP contribution in [0.4, 0.5) is 5.69 Å². The van der Waals surface area contributed by atoms with E-state index in [4.69, 9.17) is 4.74 Å². The van der Waals surface area contributed by atoms with Gasteiger partial charge in [0.1, 0.15) is 11.8 Å². The molecule has 0 unspecified atom stereocenters. The van der Waals surface area contributed by atoms with Crippen molar-refractivity contribution < 1.29 is 19.1 Å². The number of nitrogens with zero attached hydrogens (tertiary/aromatic N) is 1. The highest BCUT2D eigenvalue weighted by Crippen LogP contribution is 2.32. The van der Waals surface area contributed by atoms with Gasteiger partial charge < -0.3 is 20.3 Å². The Bertz CT molecular complexity index is 1020. The average molecular weight is 436 g/mol. The maximum Gasteiger partial charge on any atom is 0.258 e. The molecule has 2 fully saturated rings. The summed E-state index contributed by atoms with van der Waals surface area (Å²) in [6, 6.07) is 13.4. The average Bonchev–Trinajstić information content (AvgIpc) is 2.80. The summed E-state index contributed by atoms with van der Waals surface area (Å²) in [5.74, 6) is -0.398. The number of para-hydroxylation sites is 2. The Hall–Kier alpha value is -3.35. The minimum Gasteiger partial charge on any atom is -0.496 e. The van der Waals surface area contributed by atoms with Crippen molar-refractivity contribution in [2.45, 2.75) is 57.2 Å². The number of hydrogen-bond donors (Lipinski definition) is 2. The lowest BCUT2D eigenvalue weighted by molar-refractivity contribution is -0.135. The highest BCUT2D eigenvalue weighted by Gasteiger charge is 2.46. The van der Waals surface area contributed by atoms with Crippen LogP contribution in [0.1, 0.15) is 48.0 Å². The molecule has 2 N–H and O–H groups in total. The molecule has 1 heterocycles. The number of carbonyl (C=O) groups excluding carboxylic acids is 3. The Morgan fingerprint density at radius 2 is 1.81 bits per heavy atom. The number of carbonyl (C=O) groups is 3. The van der Waals surface area contributed by atoms with E-state index in [9.17, 15) is 14.4 Å². The van der Waals surface area contributed by atoms with Gasteiger partial charge in [0.2, 0.25) is 11.8 Å². The molecule has 32 heavy (non-hydrogen) atoms. The van der Waals surface area contributed by atoms with Crippen molar-refractivity contribution in [1.82, 2.24) is 10.2 Å². The maximum atomic E-state index is 13.7. The summed E-state index contributed by atoms with van der Waals surface area (Å²) in [6.07, 6.45) is 3.51. The van der Waals surface area contributed by atoms with E-state index < -0.39 is 6.04 Å². The minimum atomic E-state index is -0.879. The standard InChI is InChI=1S/C25H29N3O4/c1-16-9-3-5-11-18(16)26-23(29)15-21-24(30)27-19-12-6-7-13-20(19)28(21)25(31)17-10-4-8-14-22(17)32-2/h3-5,8-11,14,19-21H,6-7,12-13,15H2,1-2H3,(H,26,29)(H,27,30)/t19-,20-,21-/m1/s1. The van der Waals surface area contributed by atoms with Gasteiger partial charge in [-0.2, -0.15) is 0 Å². The summed E-state index contributed by atoms with van der Waals surface area (Å²) in [5, 5.41) is 5.96. The number of hydrogen-bond acceptors (Lipinski definition) is 4. The first kappa shape index (κ1) is 21.9. The molecule has 2 aliphatic rings. The number of ether oxygens (including phenoxy) is 1. The maximum absolute atomic E-state index is 13.7. The molecule has 1 aliphatic carbocycles. The van der Waals surface area contributed by atoms with Gasteiger partial charge >= 0.3 is 0 Å². The van der Waals surface area contributed by atoms with Crippen LogP contribution in [0.25, 0.3) is 0 Å². The number of benzene rings is 2. The normalized spacial score (nSPS) is 22.5. The third-order valence-electron chi connectivity index (χ3n) is 6.42. The van der Waals surface area contributed by atoms with Gasteiger partial charge in [0, 0.05) is 11.7 Å². The lowest BCUT2D eigenvalue weighted by Crippen LogP contribution is -2.68. The monoisotopic (exact) mass is 435 g/mol. The third-order valence-corrected chi connectivity index (χ3v) is 6.42. The first-order valence-electron chi connectivity index (χ1n) is 11.1. The fourth-order valence-corrected chi connectivity index (χ4v) is 4.78. The van der Waals surface area contributed by atoms with Gasteiger partial charge in [-0.1, -0.05) is 43.2 Å². The summed E-state index contributed by atoms with van der Waals surface area (Å²) in [6.45, 7) is 1.91. The van der Waals surface area contributed by atoms with Crippen LogP contribution < -0.4 is 15.4 Å². The molecule has 1 aliphatic heterocycles. The highest BCUT2D eigenvalue weighted by atomic mass is 16.5. The van der Waals surface area contributed by atoms with E-state index in [1.165, 1.54) is 7.11 Å². The van der Waals surface area contributed by atoms with Crippen LogP contribution in [0.3, 0.4) is 0 Å². The van der Waals surface area contributed by atoms with Gasteiger partial charge in [-0.15, -0.1) is 0 Å². The molecule has 1 saturated carbocycles. The van der Waals surface area contributed by atoms with E-state index >= 15 is 0 Å². The van der Waals surface area contributed by atoms with Crippen LogP contribution in [0.15, 0.2) is 48.5 Å². The van der Waals surface area contributed by atoms with Gasteiger partial charge in [-0.3, -0.25) is 14.4 Å². The van der Waals surface area contributed by atoms with Crippen molar-refractivity contribution >= 4 is 23.4 Å². The Morgan fingerprint density at radius 3 is 2.59 bits per heavy atom. The van der Waals surface area contributed by atoms with Gasteiger partial charge in [0.05, 0.1) is 25.1 Å². The van der Waals surface area contributed by atoms with Crippen molar-refractivity contribution in [2.24, 2.45) is 0 Å². The second-order valence-electron chi connectivity index (χ2n) is 8.46. The van der Waals surface area contributed by atoms with Crippen molar-refractivity contribution in [3.05, 3.63) is 59.7 Å². The molecule has 3 amide bonds. The second-order valence-corrected chi connectivity index (χ2v) is 8.46. The lowest BCUT2D eigenvalue weighted by Gasteiger charge is -2.48. The molecule has 0 spiro atoms. The Morgan fingerprint density at radius 1 is 1.09 bits per heavy atom.